The lowest BCUT2D eigenvalue weighted by Crippen LogP contribution is -2.85. The minimum absolute atomic E-state index is 0.0604. The maximum Gasteiger partial charge on any atom is 0.309 e. The summed E-state index contributed by atoms with van der Waals surface area (Å²) in [6.45, 7) is 8.70. The number of fused-ring (bicyclic) bond motifs is 2. The number of likely N-dealkylation sites (tertiary alicyclic amines) is 1. The Morgan fingerprint density at radius 2 is 1.75 bits per heavy atom. The number of piperidine rings is 1. The van der Waals surface area contributed by atoms with E-state index in [1.54, 1.807) is 36.3 Å². The summed E-state index contributed by atoms with van der Waals surface area (Å²) in [6, 6.07) is 6.88. The average molecular weight is 608 g/mol. The Bertz CT molecular complexity index is 1440. The zero-order valence-electron chi connectivity index (χ0n) is 25.5. The third-order valence-corrected chi connectivity index (χ3v) is 12.3. The predicted octanol–water partition coefficient (Wildman–Crippen LogP) is 2.70. The number of ketones is 2. The Balaban J connectivity index is 1.16. The second-order valence-electron chi connectivity index (χ2n) is 14.5. The molecule has 10 heteroatoms. The van der Waals surface area contributed by atoms with E-state index in [0.29, 0.717) is 62.9 Å². The van der Waals surface area contributed by atoms with Crippen LogP contribution in [0.1, 0.15) is 62.7 Å². The number of amides is 1. The molecule has 10 nitrogen and oxygen atoms in total. The maximum absolute atomic E-state index is 14.3. The Morgan fingerprint density at radius 1 is 1.07 bits per heavy atom. The van der Waals surface area contributed by atoms with Gasteiger partial charge in [-0.3, -0.25) is 19.2 Å². The Morgan fingerprint density at radius 3 is 2.41 bits per heavy atom. The molecule has 7 fully saturated rings. The first-order chi connectivity index (χ1) is 20.8. The van der Waals surface area contributed by atoms with Crippen LogP contribution in [0.4, 0.5) is 0 Å². The monoisotopic (exact) mass is 607 g/mol. The normalized spacial score (nSPS) is 40.8. The standard InChI is InChI=1S/C34H41NO9/c1-18-22-9-10-23-32-17-43-34(41,27(38)25(32)31(2,3)14-11-24(32)36)33(23,26(18)37)28(22)44-30(40)20-12-15-35(16-13-20)29(39)19-5-7-21(42-4)8-6-19/h5-8,20,22-23,25,27-28,38,41H,1,9-17H2,2-4H3/t22-,23-,25+,27-,28+,32+,33-,34-/m0/s1. The highest BCUT2D eigenvalue weighted by molar-refractivity contribution is 6.06. The van der Waals surface area contributed by atoms with Gasteiger partial charge in [-0.25, -0.2) is 0 Å². The van der Waals surface area contributed by atoms with Gasteiger partial charge in [-0.15, -0.1) is 0 Å². The third-order valence-electron chi connectivity index (χ3n) is 12.3. The Kier molecular flexibility index (Phi) is 6.54. The maximum atomic E-state index is 14.3. The zero-order chi connectivity index (χ0) is 31.4. The molecule has 44 heavy (non-hydrogen) atoms. The lowest BCUT2D eigenvalue weighted by atomic mass is 9.36. The molecule has 3 heterocycles. The van der Waals surface area contributed by atoms with E-state index in [1.165, 1.54) is 0 Å². The van der Waals surface area contributed by atoms with Crippen LogP contribution in [0.15, 0.2) is 36.4 Å². The number of carbonyl (C=O) groups excluding carboxylic acids is 4. The molecule has 2 spiro atoms. The van der Waals surface area contributed by atoms with Gasteiger partial charge in [-0.05, 0) is 73.3 Å². The van der Waals surface area contributed by atoms with E-state index in [1.807, 2.05) is 13.8 Å². The van der Waals surface area contributed by atoms with Gasteiger partial charge in [0.15, 0.2) is 5.78 Å². The number of esters is 1. The molecule has 1 amide bonds. The molecular formula is C34H41NO9. The summed E-state index contributed by atoms with van der Waals surface area (Å²) >= 11 is 0. The Hall–Kier alpha value is -3.08. The topological polar surface area (TPSA) is 140 Å². The highest BCUT2D eigenvalue weighted by Gasteiger charge is 2.88. The van der Waals surface area contributed by atoms with Crippen LogP contribution in [0.25, 0.3) is 0 Å². The van der Waals surface area contributed by atoms with Gasteiger partial charge >= 0.3 is 5.97 Å². The first-order valence-corrected chi connectivity index (χ1v) is 15.8. The number of carbonyl (C=O) groups is 4. The molecule has 1 aromatic carbocycles. The summed E-state index contributed by atoms with van der Waals surface area (Å²) in [5.74, 6) is -5.16. The molecule has 0 unspecified atom stereocenters. The Labute approximate surface area is 256 Å². The summed E-state index contributed by atoms with van der Waals surface area (Å²) in [5.41, 5.74) is -2.69. The van der Waals surface area contributed by atoms with Crippen molar-refractivity contribution in [1.82, 2.24) is 4.90 Å². The number of methoxy groups -OCH3 is 1. The SMILES string of the molecule is C=C1C(=O)[C@]23[C@H](OC(=O)C4CCN(C(=O)c5ccc(OC)cc5)CC4)[C@H]1CC[C@H]2[C@@]12CO[C@@]3(O)[C@@H](O)[C@@H]1C(C)(C)CCC2=O. The first-order valence-electron chi connectivity index (χ1n) is 15.8. The zero-order valence-corrected chi connectivity index (χ0v) is 25.5. The minimum Gasteiger partial charge on any atom is -0.497 e. The van der Waals surface area contributed by atoms with Crippen molar-refractivity contribution in [2.45, 2.75) is 70.4 Å². The fourth-order valence-corrected chi connectivity index (χ4v) is 10.2. The van der Waals surface area contributed by atoms with Crippen LogP contribution in [-0.2, 0) is 23.9 Å². The summed E-state index contributed by atoms with van der Waals surface area (Å²) in [6.07, 6.45) is -0.0631. The minimum atomic E-state index is -2.33. The van der Waals surface area contributed by atoms with Crippen LogP contribution >= 0.6 is 0 Å². The average Bonchev–Trinajstić information content (AvgIpc) is 3.13. The molecular weight excluding hydrogens is 566 g/mol. The summed E-state index contributed by atoms with van der Waals surface area (Å²) in [7, 11) is 1.56. The van der Waals surface area contributed by atoms with Gasteiger partial charge in [0.05, 0.1) is 25.0 Å². The van der Waals surface area contributed by atoms with Crippen molar-refractivity contribution in [3.8, 4) is 5.75 Å². The summed E-state index contributed by atoms with van der Waals surface area (Å²) in [4.78, 5) is 56.8. The number of ether oxygens (including phenoxy) is 3. The van der Waals surface area contributed by atoms with Crippen LogP contribution < -0.4 is 4.74 Å². The van der Waals surface area contributed by atoms with Gasteiger partial charge in [-0.2, -0.15) is 0 Å². The van der Waals surface area contributed by atoms with E-state index in [2.05, 4.69) is 6.58 Å². The summed E-state index contributed by atoms with van der Waals surface area (Å²) in [5, 5.41) is 24.2. The molecule has 1 aromatic rings. The molecule has 0 aromatic heterocycles. The van der Waals surface area contributed by atoms with Crippen LogP contribution in [0.3, 0.4) is 0 Å². The smallest absolute Gasteiger partial charge is 0.309 e. The van der Waals surface area contributed by atoms with Gasteiger partial charge in [-0.1, -0.05) is 20.4 Å². The van der Waals surface area contributed by atoms with Gasteiger partial charge in [0.1, 0.15) is 29.2 Å². The van der Waals surface area contributed by atoms with Crippen molar-refractivity contribution in [2.75, 3.05) is 26.8 Å². The number of rotatable bonds is 4. The van der Waals surface area contributed by atoms with Crippen LogP contribution in [0, 0.1) is 39.9 Å². The number of aliphatic hydroxyl groups excluding tert-OH is 1. The van der Waals surface area contributed by atoms with E-state index >= 15 is 0 Å². The van der Waals surface area contributed by atoms with E-state index in [4.69, 9.17) is 14.2 Å². The lowest BCUT2D eigenvalue weighted by Gasteiger charge is -2.73. The number of benzene rings is 1. The number of Topliss-reactive ketones (excluding diaryl/α,β-unsaturated/α-hetero) is 2. The lowest BCUT2D eigenvalue weighted by molar-refractivity contribution is -0.437. The van der Waals surface area contributed by atoms with Crippen molar-refractivity contribution in [2.24, 2.45) is 39.9 Å². The highest BCUT2D eigenvalue weighted by atomic mass is 16.6. The van der Waals surface area contributed by atoms with Crippen molar-refractivity contribution >= 4 is 23.4 Å². The molecule has 8 rings (SSSR count). The number of hydrogen-bond acceptors (Lipinski definition) is 9. The third kappa shape index (κ3) is 3.53. The fourth-order valence-electron chi connectivity index (χ4n) is 10.2. The second kappa shape index (κ2) is 9.71. The first kappa shape index (κ1) is 29.6. The number of nitrogens with zero attached hydrogens (tertiary/aromatic N) is 1. The van der Waals surface area contributed by atoms with E-state index < -0.39 is 69.7 Å². The quantitative estimate of drug-likeness (QED) is 0.391. The van der Waals surface area contributed by atoms with Gasteiger partial charge in [0.2, 0.25) is 5.79 Å². The van der Waals surface area contributed by atoms with E-state index in [-0.39, 0.29) is 23.9 Å². The molecule has 3 saturated heterocycles. The van der Waals surface area contributed by atoms with Crippen LogP contribution in [0.2, 0.25) is 0 Å². The molecule has 4 aliphatic carbocycles. The molecule has 0 radical (unpaired) electrons. The molecule has 236 valence electrons. The molecule has 8 atom stereocenters. The second-order valence-corrected chi connectivity index (χ2v) is 14.5. The molecule has 4 bridgehead atoms. The van der Waals surface area contributed by atoms with Gasteiger partial charge in [0, 0.05) is 36.9 Å². The van der Waals surface area contributed by atoms with Gasteiger partial charge < -0.3 is 29.3 Å². The van der Waals surface area contributed by atoms with Crippen molar-refractivity contribution in [3.05, 3.63) is 42.0 Å². The van der Waals surface area contributed by atoms with Crippen molar-refractivity contribution in [1.29, 1.82) is 0 Å². The molecule has 2 N–H and O–H groups in total. The molecule has 7 aliphatic rings. The summed E-state index contributed by atoms with van der Waals surface area (Å²) < 4.78 is 17.5. The number of aliphatic hydroxyl groups is 2. The van der Waals surface area contributed by atoms with Crippen LogP contribution in [0.5, 0.6) is 5.75 Å². The molecule has 4 saturated carbocycles. The largest absolute Gasteiger partial charge is 0.497 e. The van der Waals surface area contributed by atoms with E-state index in [9.17, 15) is 29.4 Å². The van der Waals surface area contributed by atoms with Crippen molar-refractivity contribution < 1.29 is 43.6 Å². The van der Waals surface area contributed by atoms with Gasteiger partial charge in [0.25, 0.3) is 5.91 Å². The van der Waals surface area contributed by atoms with E-state index in [0.717, 1.165) is 0 Å². The van der Waals surface area contributed by atoms with Crippen LogP contribution in [-0.4, -0.2) is 83.4 Å². The fraction of sp³-hybridized carbons (Fsp3) is 0.647. The highest BCUT2D eigenvalue weighted by Crippen LogP contribution is 2.76. The molecule has 3 aliphatic heterocycles. The predicted molar refractivity (Wildman–Crippen MR) is 155 cm³/mol. The number of hydrogen-bond donors (Lipinski definition) is 2. The van der Waals surface area contributed by atoms with Crippen molar-refractivity contribution in [3.63, 3.8) is 0 Å².